The van der Waals surface area contributed by atoms with E-state index in [1.54, 1.807) is 0 Å². The lowest BCUT2D eigenvalue weighted by atomic mass is 10.1. The van der Waals surface area contributed by atoms with Crippen LogP contribution in [0.3, 0.4) is 0 Å². The Kier molecular flexibility index (Phi) is 5.07. The number of nitrogens with one attached hydrogen (secondary N) is 2. The highest BCUT2D eigenvalue weighted by molar-refractivity contribution is 5.92. The number of benzene rings is 2. The molecule has 0 radical (unpaired) electrons. The van der Waals surface area contributed by atoms with Gasteiger partial charge in [-0.15, -0.1) is 0 Å². The number of piperazine rings is 1. The molecule has 0 saturated carbocycles. The van der Waals surface area contributed by atoms with Gasteiger partial charge in [0.2, 0.25) is 0 Å². The maximum absolute atomic E-state index is 11.5. The molecule has 2 amide bonds. The van der Waals surface area contributed by atoms with Crippen LogP contribution >= 0.6 is 0 Å². The maximum atomic E-state index is 11.5. The van der Waals surface area contributed by atoms with Gasteiger partial charge in [-0.25, -0.2) is 4.79 Å². The molecule has 1 fully saturated rings. The summed E-state index contributed by atoms with van der Waals surface area (Å²) in [5.41, 5.74) is 6.89. The Labute approximate surface area is 176 Å². The van der Waals surface area contributed by atoms with Gasteiger partial charge >= 0.3 is 6.03 Å². The summed E-state index contributed by atoms with van der Waals surface area (Å²) < 4.78 is 0. The molecule has 5 rings (SSSR count). The van der Waals surface area contributed by atoms with Crippen molar-refractivity contribution in [2.24, 2.45) is 0 Å². The number of pyridine rings is 1. The van der Waals surface area contributed by atoms with Crippen molar-refractivity contribution in [1.29, 1.82) is 0 Å². The Bertz CT molecular complexity index is 1040. The lowest BCUT2D eigenvalue weighted by Gasteiger charge is -2.36. The summed E-state index contributed by atoms with van der Waals surface area (Å²) >= 11 is 0. The highest BCUT2D eigenvalue weighted by Crippen LogP contribution is 2.26. The van der Waals surface area contributed by atoms with Gasteiger partial charge in [-0.3, -0.25) is 9.88 Å². The first kappa shape index (κ1) is 18.6. The number of aromatic nitrogens is 1. The van der Waals surface area contributed by atoms with Gasteiger partial charge in [-0.05, 0) is 41.0 Å². The van der Waals surface area contributed by atoms with Gasteiger partial charge in [-0.1, -0.05) is 30.3 Å². The Morgan fingerprint density at radius 1 is 0.900 bits per heavy atom. The van der Waals surface area contributed by atoms with Gasteiger partial charge in [-0.2, -0.15) is 0 Å². The summed E-state index contributed by atoms with van der Waals surface area (Å²) in [4.78, 5) is 20.8. The average Bonchev–Trinajstić information content (AvgIpc) is 2.80. The standard InChI is InChI=1S/C24H25N5O/c30-24-26-16-21-13-22(6-7-23(21)27-24)29-10-8-28(9-11-29)17-18-12-20(15-25-14-18)19-4-2-1-3-5-19/h1-7,12-15H,8-11,16-17H2,(H2,26,27,30). The fourth-order valence-electron chi connectivity index (χ4n) is 4.17. The van der Waals surface area contributed by atoms with Crippen molar-refractivity contribution in [2.75, 3.05) is 36.4 Å². The van der Waals surface area contributed by atoms with Crippen LogP contribution in [0.15, 0.2) is 67.0 Å². The van der Waals surface area contributed by atoms with E-state index in [2.05, 4.69) is 67.9 Å². The third kappa shape index (κ3) is 4.00. The molecule has 152 valence electrons. The molecular formula is C24H25N5O. The number of fused-ring (bicyclic) bond motifs is 1. The Balaban J connectivity index is 1.21. The minimum absolute atomic E-state index is 0.130. The molecule has 2 aliphatic rings. The summed E-state index contributed by atoms with van der Waals surface area (Å²) in [6, 6.07) is 18.8. The molecule has 2 N–H and O–H groups in total. The third-order valence-corrected chi connectivity index (χ3v) is 5.82. The first-order valence-electron chi connectivity index (χ1n) is 10.4. The SMILES string of the molecule is O=C1NCc2cc(N3CCN(Cc4cncc(-c5ccccc5)c4)CC3)ccc2N1. The van der Waals surface area contributed by atoms with Gasteiger partial charge in [0.15, 0.2) is 0 Å². The van der Waals surface area contributed by atoms with Crippen molar-refractivity contribution in [3.8, 4) is 11.1 Å². The molecule has 0 aliphatic carbocycles. The molecule has 2 aromatic carbocycles. The number of carbonyl (C=O) groups excluding carboxylic acids is 1. The molecule has 30 heavy (non-hydrogen) atoms. The molecule has 6 heteroatoms. The van der Waals surface area contributed by atoms with Crippen molar-refractivity contribution in [2.45, 2.75) is 13.1 Å². The second-order valence-corrected chi connectivity index (χ2v) is 7.86. The normalized spacial score (nSPS) is 16.5. The number of amides is 2. The predicted octanol–water partition coefficient (Wildman–Crippen LogP) is 3.71. The molecule has 0 unspecified atom stereocenters. The van der Waals surface area contributed by atoms with E-state index in [1.807, 2.05) is 24.5 Å². The number of hydrogen-bond donors (Lipinski definition) is 2. The van der Waals surface area contributed by atoms with Gasteiger partial charge in [0, 0.05) is 68.6 Å². The quantitative estimate of drug-likeness (QED) is 0.702. The monoisotopic (exact) mass is 399 g/mol. The summed E-state index contributed by atoms with van der Waals surface area (Å²) in [6.45, 7) is 5.51. The van der Waals surface area contributed by atoms with Crippen LogP contribution in [0.25, 0.3) is 11.1 Å². The van der Waals surface area contributed by atoms with Crippen LogP contribution in [0.1, 0.15) is 11.1 Å². The molecule has 1 saturated heterocycles. The van der Waals surface area contributed by atoms with Crippen LogP contribution in [0, 0.1) is 0 Å². The number of rotatable bonds is 4. The minimum atomic E-state index is -0.130. The largest absolute Gasteiger partial charge is 0.369 e. The van der Waals surface area contributed by atoms with Crippen LogP contribution in [0.5, 0.6) is 0 Å². The molecule has 2 aliphatic heterocycles. The van der Waals surface area contributed by atoms with Crippen molar-refractivity contribution in [1.82, 2.24) is 15.2 Å². The van der Waals surface area contributed by atoms with E-state index >= 15 is 0 Å². The summed E-state index contributed by atoms with van der Waals surface area (Å²) in [5.74, 6) is 0. The van der Waals surface area contributed by atoms with Crippen LogP contribution < -0.4 is 15.5 Å². The molecule has 0 atom stereocenters. The smallest absolute Gasteiger partial charge is 0.319 e. The molecule has 0 spiro atoms. The first-order chi connectivity index (χ1) is 14.7. The second-order valence-electron chi connectivity index (χ2n) is 7.86. The average molecular weight is 399 g/mol. The zero-order chi connectivity index (χ0) is 20.3. The van der Waals surface area contributed by atoms with Crippen molar-refractivity contribution < 1.29 is 4.79 Å². The Morgan fingerprint density at radius 2 is 1.73 bits per heavy atom. The minimum Gasteiger partial charge on any atom is -0.369 e. The van der Waals surface area contributed by atoms with Gasteiger partial charge < -0.3 is 15.5 Å². The van der Waals surface area contributed by atoms with Crippen molar-refractivity contribution in [3.63, 3.8) is 0 Å². The fourth-order valence-corrected chi connectivity index (χ4v) is 4.17. The zero-order valence-corrected chi connectivity index (χ0v) is 16.8. The van der Waals surface area contributed by atoms with Gasteiger partial charge in [0.05, 0.1) is 0 Å². The molecule has 6 nitrogen and oxygen atoms in total. The van der Waals surface area contributed by atoms with Crippen molar-refractivity contribution in [3.05, 3.63) is 78.1 Å². The molecule has 3 heterocycles. The number of urea groups is 1. The Morgan fingerprint density at radius 3 is 2.57 bits per heavy atom. The molecule has 0 bridgehead atoms. The maximum Gasteiger partial charge on any atom is 0.319 e. The topological polar surface area (TPSA) is 60.5 Å². The van der Waals surface area contributed by atoms with Crippen LogP contribution in [-0.2, 0) is 13.1 Å². The van der Waals surface area contributed by atoms with Gasteiger partial charge in [0.25, 0.3) is 0 Å². The van der Waals surface area contributed by atoms with Crippen molar-refractivity contribution >= 4 is 17.4 Å². The summed E-state index contributed by atoms with van der Waals surface area (Å²) in [5, 5.41) is 5.69. The number of anilines is 2. The Hall–Kier alpha value is -3.38. The fraction of sp³-hybridized carbons (Fsp3) is 0.250. The zero-order valence-electron chi connectivity index (χ0n) is 16.8. The predicted molar refractivity (Wildman–Crippen MR) is 119 cm³/mol. The number of carbonyl (C=O) groups is 1. The molecular weight excluding hydrogens is 374 g/mol. The molecule has 1 aromatic heterocycles. The van der Waals surface area contributed by atoms with E-state index < -0.39 is 0 Å². The second kappa shape index (κ2) is 8.16. The lowest BCUT2D eigenvalue weighted by Crippen LogP contribution is -2.46. The van der Waals surface area contributed by atoms with Crippen LogP contribution in [0.2, 0.25) is 0 Å². The van der Waals surface area contributed by atoms with E-state index in [-0.39, 0.29) is 6.03 Å². The van der Waals surface area contributed by atoms with E-state index in [0.29, 0.717) is 6.54 Å². The van der Waals surface area contributed by atoms with E-state index in [0.717, 1.165) is 44.0 Å². The summed E-state index contributed by atoms with van der Waals surface area (Å²) in [7, 11) is 0. The van der Waals surface area contributed by atoms with Crippen LogP contribution in [-0.4, -0.2) is 42.1 Å². The van der Waals surface area contributed by atoms with E-state index in [1.165, 1.54) is 22.4 Å². The highest BCUT2D eigenvalue weighted by Gasteiger charge is 2.20. The third-order valence-electron chi connectivity index (χ3n) is 5.82. The lowest BCUT2D eigenvalue weighted by molar-refractivity contribution is 0.249. The van der Waals surface area contributed by atoms with E-state index in [4.69, 9.17) is 0 Å². The van der Waals surface area contributed by atoms with Crippen LogP contribution in [0.4, 0.5) is 16.2 Å². The number of hydrogen-bond acceptors (Lipinski definition) is 4. The van der Waals surface area contributed by atoms with E-state index in [9.17, 15) is 4.79 Å². The molecule has 3 aromatic rings. The summed E-state index contributed by atoms with van der Waals surface area (Å²) in [6.07, 6.45) is 3.91. The number of nitrogens with zero attached hydrogens (tertiary/aromatic N) is 3. The van der Waals surface area contributed by atoms with Gasteiger partial charge in [0.1, 0.15) is 0 Å². The highest BCUT2D eigenvalue weighted by atomic mass is 16.2. The first-order valence-corrected chi connectivity index (χ1v) is 10.4.